The number of rotatable bonds is 2. The number of anilines is 2. The molecule has 2 amide bonds. The molecule has 0 radical (unpaired) electrons. The quantitative estimate of drug-likeness (QED) is 0.713. The lowest BCUT2D eigenvalue weighted by atomic mass is 9.99. The van der Waals surface area contributed by atoms with Crippen LogP contribution in [-0.2, 0) is 9.53 Å². The summed E-state index contributed by atoms with van der Waals surface area (Å²) >= 11 is 0. The van der Waals surface area contributed by atoms with Gasteiger partial charge in [-0.1, -0.05) is 6.07 Å². The van der Waals surface area contributed by atoms with Gasteiger partial charge in [-0.25, -0.2) is 4.79 Å². The van der Waals surface area contributed by atoms with Gasteiger partial charge in [0.1, 0.15) is 0 Å². The van der Waals surface area contributed by atoms with Gasteiger partial charge in [-0.15, -0.1) is 0 Å². The monoisotopic (exact) mass is 373 g/mol. The summed E-state index contributed by atoms with van der Waals surface area (Å²) in [4.78, 5) is 28.7. The third-order valence-corrected chi connectivity index (χ3v) is 5.57. The van der Waals surface area contributed by atoms with Crippen molar-refractivity contribution in [2.45, 2.75) is 38.0 Å². The number of amides is 2. The molecule has 8 nitrogen and oxygen atoms in total. The molecule has 1 saturated heterocycles. The Morgan fingerprint density at radius 1 is 1.19 bits per heavy atom. The van der Waals surface area contributed by atoms with Crippen molar-refractivity contribution in [2.24, 2.45) is 11.7 Å². The second kappa shape index (κ2) is 7.10. The molecule has 27 heavy (non-hydrogen) atoms. The highest BCUT2D eigenvalue weighted by Gasteiger charge is 2.41. The molecule has 0 spiro atoms. The smallest absolute Gasteiger partial charge is 0.414 e. The maximum Gasteiger partial charge on any atom is 0.414 e. The summed E-state index contributed by atoms with van der Waals surface area (Å²) in [6.45, 7) is 3.81. The Morgan fingerprint density at radius 2 is 1.96 bits per heavy atom. The molecule has 4 rings (SSSR count). The van der Waals surface area contributed by atoms with Gasteiger partial charge in [-0.2, -0.15) is 0 Å². The Labute approximate surface area is 159 Å². The van der Waals surface area contributed by atoms with E-state index < -0.39 is 6.09 Å². The first-order valence-corrected chi connectivity index (χ1v) is 9.54. The van der Waals surface area contributed by atoms with Crippen molar-refractivity contribution in [1.29, 1.82) is 0 Å². The highest BCUT2D eigenvalue weighted by Crippen LogP contribution is 2.41. The molecular weight excluding hydrogens is 346 g/mol. The minimum absolute atomic E-state index is 0.0533. The van der Waals surface area contributed by atoms with Crippen LogP contribution in [0, 0.1) is 5.92 Å². The standard InChI is InChI=1S/C19H27N5O3/c1-11-10-23(18(25)12-3-4-12)16-7-13(14-8-22-17(20)9-21-14)5-6-15(16)24(11)19(26)27-2/h5-7,11-12,14,17,21-22H,3-4,8-10,20H2,1-2H3/t11-,14?,17?/m0/s1. The largest absolute Gasteiger partial charge is 0.452 e. The Morgan fingerprint density at radius 3 is 2.59 bits per heavy atom. The fourth-order valence-corrected chi connectivity index (χ4v) is 3.91. The van der Waals surface area contributed by atoms with Crippen LogP contribution in [0.2, 0.25) is 0 Å². The zero-order valence-electron chi connectivity index (χ0n) is 15.8. The van der Waals surface area contributed by atoms with E-state index in [1.807, 2.05) is 30.0 Å². The van der Waals surface area contributed by atoms with E-state index in [1.54, 1.807) is 4.90 Å². The number of nitrogens with two attached hydrogens (primary N) is 1. The lowest BCUT2D eigenvalue weighted by Gasteiger charge is -2.41. The van der Waals surface area contributed by atoms with E-state index in [0.29, 0.717) is 19.6 Å². The van der Waals surface area contributed by atoms with E-state index in [1.165, 1.54) is 7.11 Å². The normalized spacial score (nSPS) is 27.9. The second-order valence-corrected chi connectivity index (χ2v) is 7.64. The molecule has 0 aromatic heterocycles. The van der Waals surface area contributed by atoms with Gasteiger partial charge in [0.2, 0.25) is 5.91 Å². The molecule has 2 heterocycles. The summed E-state index contributed by atoms with van der Waals surface area (Å²) in [5.74, 6) is 0.271. The van der Waals surface area contributed by atoms with E-state index >= 15 is 0 Å². The van der Waals surface area contributed by atoms with Crippen molar-refractivity contribution in [3.63, 3.8) is 0 Å². The number of hydrogen-bond donors (Lipinski definition) is 3. The van der Waals surface area contributed by atoms with Gasteiger partial charge in [-0.05, 0) is 37.5 Å². The zero-order valence-corrected chi connectivity index (χ0v) is 15.8. The molecule has 146 valence electrons. The second-order valence-electron chi connectivity index (χ2n) is 7.64. The van der Waals surface area contributed by atoms with Gasteiger partial charge in [0.05, 0.1) is 30.7 Å². The molecule has 4 N–H and O–H groups in total. The third-order valence-electron chi connectivity index (χ3n) is 5.57. The number of benzene rings is 1. The van der Waals surface area contributed by atoms with Crippen LogP contribution in [-0.4, -0.2) is 51.0 Å². The van der Waals surface area contributed by atoms with E-state index in [4.69, 9.17) is 10.5 Å². The van der Waals surface area contributed by atoms with Crippen LogP contribution < -0.4 is 26.2 Å². The minimum Gasteiger partial charge on any atom is -0.452 e. The lowest BCUT2D eigenvalue weighted by molar-refractivity contribution is -0.119. The number of fused-ring (bicyclic) bond motifs is 1. The fraction of sp³-hybridized carbons (Fsp3) is 0.579. The number of nitrogens with zero attached hydrogens (tertiary/aromatic N) is 2. The molecular formula is C19H27N5O3. The van der Waals surface area contributed by atoms with E-state index in [0.717, 1.165) is 29.8 Å². The first kappa shape index (κ1) is 18.2. The Balaban J connectivity index is 1.71. The molecule has 3 aliphatic rings. The average molecular weight is 373 g/mol. The van der Waals surface area contributed by atoms with Gasteiger partial charge in [0.25, 0.3) is 0 Å². The topological polar surface area (TPSA) is 99.9 Å². The first-order chi connectivity index (χ1) is 13.0. The molecule has 1 saturated carbocycles. The van der Waals surface area contributed by atoms with Gasteiger partial charge in [-0.3, -0.25) is 15.0 Å². The Bertz CT molecular complexity index is 743. The summed E-state index contributed by atoms with van der Waals surface area (Å²) in [5, 5.41) is 6.70. The highest BCUT2D eigenvalue weighted by molar-refractivity contribution is 6.04. The fourth-order valence-electron chi connectivity index (χ4n) is 3.91. The van der Waals surface area contributed by atoms with Crippen LogP contribution >= 0.6 is 0 Å². The van der Waals surface area contributed by atoms with Gasteiger partial charge >= 0.3 is 6.09 Å². The van der Waals surface area contributed by atoms with Crippen molar-refractivity contribution in [3.8, 4) is 0 Å². The summed E-state index contributed by atoms with van der Waals surface area (Å²) < 4.78 is 4.98. The molecule has 0 bridgehead atoms. The Kier molecular flexibility index (Phi) is 4.79. The third kappa shape index (κ3) is 3.40. The maximum absolute atomic E-state index is 12.9. The van der Waals surface area contributed by atoms with Crippen LogP contribution in [0.25, 0.3) is 0 Å². The predicted molar refractivity (Wildman–Crippen MR) is 103 cm³/mol. The molecule has 2 aliphatic heterocycles. The van der Waals surface area contributed by atoms with Crippen molar-refractivity contribution >= 4 is 23.4 Å². The van der Waals surface area contributed by atoms with Crippen LogP contribution in [0.15, 0.2) is 18.2 Å². The number of methoxy groups -OCH3 is 1. The summed E-state index contributed by atoms with van der Waals surface area (Å²) in [6.07, 6.45) is 1.44. The lowest BCUT2D eigenvalue weighted by Crippen LogP contribution is -2.54. The van der Waals surface area contributed by atoms with E-state index in [9.17, 15) is 9.59 Å². The molecule has 3 atom stereocenters. The zero-order chi connectivity index (χ0) is 19.1. The number of carbonyl (C=O) groups excluding carboxylic acids is 2. The summed E-state index contributed by atoms with van der Waals surface area (Å²) in [6, 6.07) is 5.90. The highest BCUT2D eigenvalue weighted by atomic mass is 16.5. The predicted octanol–water partition coefficient (Wildman–Crippen LogP) is 0.923. The molecule has 2 fully saturated rings. The van der Waals surface area contributed by atoms with Crippen LogP contribution in [0.5, 0.6) is 0 Å². The number of nitrogens with one attached hydrogen (secondary N) is 2. The van der Waals surface area contributed by atoms with Gasteiger partial charge in [0.15, 0.2) is 0 Å². The van der Waals surface area contributed by atoms with Crippen molar-refractivity contribution in [2.75, 3.05) is 36.5 Å². The molecule has 8 heteroatoms. The van der Waals surface area contributed by atoms with Crippen LogP contribution in [0.4, 0.5) is 16.2 Å². The number of carbonyl (C=O) groups is 2. The molecule has 1 aliphatic carbocycles. The maximum atomic E-state index is 12.9. The Hall–Kier alpha value is -2.16. The van der Waals surface area contributed by atoms with Crippen LogP contribution in [0.3, 0.4) is 0 Å². The average Bonchev–Trinajstić information content (AvgIpc) is 3.52. The number of piperazine rings is 1. The molecule has 2 unspecified atom stereocenters. The van der Waals surface area contributed by atoms with Crippen molar-refractivity contribution in [1.82, 2.24) is 10.6 Å². The first-order valence-electron chi connectivity index (χ1n) is 9.54. The van der Waals surface area contributed by atoms with Crippen LogP contribution in [0.1, 0.15) is 31.4 Å². The van der Waals surface area contributed by atoms with E-state index in [2.05, 4.69) is 10.6 Å². The van der Waals surface area contributed by atoms with Gasteiger partial charge in [0, 0.05) is 31.6 Å². The molecule has 1 aromatic rings. The number of ether oxygens (including phenoxy) is 1. The SMILES string of the molecule is COC(=O)N1c2ccc(C3CNC(N)CN3)cc2N(C(=O)C2CC2)C[C@@H]1C. The van der Waals surface area contributed by atoms with Gasteiger partial charge < -0.3 is 20.7 Å². The summed E-state index contributed by atoms with van der Waals surface area (Å²) in [5.41, 5.74) is 8.46. The van der Waals surface area contributed by atoms with Crippen molar-refractivity contribution in [3.05, 3.63) is 23.8 Å². The number of hydrogen-bond acceptors (Lipinski definition) is 6. The minimum atomic E-state index is -0.404. The molecule has 1 aromatic carbocycles. The summed E-state index contributed by atoms with van der Waals surface area (Å²) in [7, 11) is 1.38. The van der Waals surface area contributed by atoms with E-state index in [-0.39, 0.29) is 30.1 Å². The van der Waals surface area contributed by atoms with Crippen molar-refractivity contribution < 1.29 is 14.3 Å².